The van der Waals surface area contributed by atoms with Crippen molar-refractivity contribution >= 4 is 17.5 Å². The van der Waals surface area contributed by atoms with Gasteiger partial charge >= 0.3 is 12.4 Å². The standard InChI is InChI=1S/C11H14ClF6NO/c12-6-7-4-2-1-3-5-19(7)9(20)8(10(13,14)15)11(16,17)18/h7-8H,1-6H2. The highest BCUT2D eigenvalue weighted by Gasteiger charge is 2.62. The fraction of sp³-hybridized carbons (Fsp3) is 0.909. The number of likely N-dealkylation sites (tertiary alicyclic amines) is 1. The molecule has 0 aliphatic carbocycles. The van der Waals surface area contributed by atoms with Crippen LogP contribution in [-0.2, 0) is 4.79 Å². The van der Waals surface area contributed by atoms with Crippen molar-refractivity contribution in [3.63, 3.8) is 0 Å². The molecule has 0 saturated carbocycles. The van der Waals surface area contributed by atoms with Crippen LogP contribution in [0.25, 0.3) is 0 Å². The van der Waals surface area contributed by atoms with Crippen LogP contribution in [0.1, 0.15) is 25.7 Å². The molecular weight excluding hydrogens is 312 g/mol. The van der Waals surface area contributed by atoms with Crippen molar-refractivity contribution in [3.8, 4) is 0 Å². The van der Waals surface area contributed by atoms with Gasteiger partial charge in [0, 0.05) is 18.5 Å². The molecule has 1 aliphatic rings. The highest BCUT2D eigenvalue weighted by atomic mass is 35.5. The Morgan fingerprint density at radius 1 is 1.10 bits per heavy atom. The molecule has 0 aromatic rings. The molecule has 1 unspecified atom stereocenters. The first-order valence-corrected chi connectivity index (χ1v) is 6.62. The van der Waals surface area contributed by atoms with Gasteiger partial charge in [-0.05, 0) is 12.8 Å². The number of hydrogen-bond donors (Lipinski definition) is 0. The zero-order valence-electron chi connectivity index (χ0n) is 10.4. The Hall–Kier alpha value is -0.660. The van der Waals surface area contributed by atoms with E-state index in [1.54, 1.807) is 0 Å². The summed E-state index contributed by atoms with van der Waals surface area (Å²) in [5, 5.41) is 0. The van der Waals surface area contributed by atoms with Gasteiger partial charge in [0.15, 0.2) is 0 Å². The maximum absolute atomic E-state index is 12.6. The minimum Gasteiger partial charge on any atom is -0.338 e. The molecule has 9 heteroatoms. The van der Waals surface area contributed by atoms with Crippen molar-refractivity contribution in [2.45, 2.75) is 44.1 Å². The number of amides is 1. The van der Waals surface area contributed by atoms with E-state index in [4.69, 9.17) is 11.6 Å². The maximum Gasteiger partial charge on any atom is 0.409 e. The van der Waals surface area contributed by atoms with Gasteiger partial charge < -0.3 is 4.90 Å². The van der Waals surface area contributed by atoms with Crippen LogP contribution >= 0.6 is 11.6 Å². The maximum atomic E-state index is 12.6. The number of nitrogens with zero attached hydrogens (tertiary/aromatic N) is 1. The van der Waals surface area contributed by atoms with Gasteiger partial charge in [0.25, 0.3) is 0 Å². The highest BCUT2D eigenvalue weighted by Crippen LogP contribution is 2.41. The van der Waals surface area contributed by atoms with Crippen molar-refractivity contribution in [1.29, 1.82) is 0 Å². The lowest BCUT2D eigenvalue weighted by atomic mass is 10.0. The summed E-state index contributed by atoms with van der Waals surface area (Å²) in [5.41, 5.74) is 0. The third-order valence-corrected chi connectivity index (χ3v) is 3.60. The number of carbonyl (C=O) groups is 1. The molecule has 0 aromatic heterocycles. The molecule has 1 amide bonds. The normalized spacial score (nSPS) is 22.0. The lowest BCUT2D eigenvalue weighted by Crippen LogP contribution is -2.52. The molecule has 1 aliphatic heterocycles. The Labute approximate surface area is 117 Å². The summed E-state index contributed by atoms with van der Waals surface area (Å²) in [4.78, 5) is 12.4. The Bertz CT molecular complexity index is 329. The molecule has 20 heavy (non-hydrogen) atoms. The minimum atomic E-state index is -5.65. The molecule has 0 N–H and O–H groups in total. The minimum absolute atomic E-state index is 0.126. The summed E-state index contributed by atoms with van der Waals surface area (Å²) in [6, 6.07) is -0.779. The van der Waals surface area contributed by atoms with E-state index in [2.05, 4.69) is 0 Å². The number of alkyl halides is 7. The Morgan fingerprint density at radius 2 is 1.65 bits per heavy atom. The fourth-order valence-corrected chi connectivity index (χ4v) is 2.58. The molecule has 1 rings (SSSR count). The summed E-state index contributed by atoms with van der Waals surface area (Å²) >= 11 is 5.57. The van der Waals surface area contributed by atoms with Crippen molar-refractivity contribution in [2.75, 3.05) is 12.4 Å². The van der Waals surface area contributed by atoms with Crippen LogP contribution in [-0.4, -0.2) is 41.6 Å². The van der Waals surface area contributed by atoms with Crippen molar-refractivity contribution in [3.05, 3.63) is 0 Å². The topological polar surface area (TPSA) is 20.3 Å². The first kappa shape index (κ1) is 17.4. The summed E-state index contributed by atoms with van der Waals surface area (Å²) in [6.45, 7) is -0.126. The van der Waals surface area contributed by atoms with E-state index in [1.165, 1.54) is 0 Å². The predicted octanol–water partition coefficient (Wildman–Crippen LogP) is 3.74. The first-order valence-electron chi connectivity index (χ1n) is 6.09. The fourth-order valence-electron chi connectivity index (χ4n) is 2.26. The van der Waals surface area contributed by atoms with Crippen LogP contribution in [0.5, 0.6) is 0 Å². The van der Waals surface area contributed by atoms with E-state index in [0.717, 1.165) is 0 Å². The molecule has 0 bridgehead atoms. The zero-order valence-corrected chi connectivity index (χ0v) is 11.2. The largest absolute Gasteiger partial charge is 0.409 e. The van der Waals surface area contributed by atoms with Crippen LogP contribution < -0.4 is 0 Å². The van der Waals surface area contributed by atoms with Gasteiger partial charge in [0.2, 0.25) is 11.8 Å². The van der Waals surface area contributed by atoms with E-state index in [1.807, 2.05) is 0 Å². The summed E-state index contributed by atoms with van der Waals surface area (Å²) in [6.07, 6.45) is -9.33. The highest BCUT2D eigenvalue weighted by molar-refractivity contribution is 6.18. The third-order valence-electron chi connectivity index (χ3n) is 3.24. The molecule has 1 heterocycles. The van der Waals surface area contributed by atoms with Gasteiger partial charge in [-0.2, -0.15) is 26.3 Å². The molecule has 118 valence electrons. The molecule has 1 saturated heterocycles. The lowest BCUT2D eigenvalue weighted by Gasteiger charge is -2.33. The molecule has 0 aromatic carbocycles. The quantitative estimate of drug-likeness (QED) is 0.559. The van der Waals surface area contributed by atoms with Crippen molar-refractivity contribution in [1.82, 2.24) is 4.90 Å². The van der Waals surface area contributed by atoms with Crippen LogP contribution in [0.15, 0.2) is 0 Å². The van der Waals surface area contributed by atoms with Gasteiger partial charge in [-0.25, -0.2) is 0 Å². The Balaban J connectivity index is 3.03. The zero-order chi connectivity index (χ0) is 15.6. The summed E-state index contributed by atoms with van der Waals surface area (Å²) in [5.74, 6) is -6.09. The van der Waals surface area contributed by atoms with Crippen molar-refractivity contribution < 1.29 is 31.1 Å². The van der Waals surface area contributed by atoms with Gasteiger partial charge in [-0.3, -0.25) is 4.79 Å². The lowest BCUT2D eigenvalue weighted by molar-refractivity contribution is -0.278. The summed E-state index contributed by atoms with van der Waals surface area (Å²) in [7, 11) is 0. The van der Waals surface area contributed by atoms with Crippen LogP contribution in [0.4, 0.5) is 26.3 Å². The molecule has 2 nitrogen and oxygen atoms in total. The average Bonchev–Trinajstić information content (AvgIpc) is 2.49. The van der Waals surface area contributed by atoms with Crippen LogP contribution in [0, 0.1) is 5.92 Å². The van der Waals surface area contributed by atoms with Crippen molar-refractivity contribution in [2.24, 2.45) is 5.92 Å². The Morgan fingerprint density at radius 3 is 2.10 bits per heavy atom. The number of carbonyl (C=O) groups excluding carboxylic acids is 1. The second-order valence-corrected chi connectivity index (χ2v) is 5.01. The predicted molar refractivity (Wildman–Crippen MR) is 60.3 cm³/mol. The second kappa shape index (κ2) is 6.41. The average molecular weight is 326 g/mol. The van der Waals surface area contributed by atoms with Gasteiger partial charge in [-0.15, -0.1) is 11.6 Å². The van der Waals surface area contributed by atoms with Gasteiger partial charge in [0.1, 0.15) is 0 Å². The molecule has 1 atom stereocenters. The Kier molecular flexibility index (Phi) is 5.57. The van der Waals surface area contributed by atoms with E-state index in [9.17, 15) is 31.1 Å². The van der Waals surface area contributed by atoms with E-state index in [-0.39, 0.29) is 12.4 Å². The van der Waals surface area contributed by atoms with Crippen LogP contribution in [0.2, 0.25) is 0 Å². The third kappa shape index (κ3) is 4.17. The SMILES string of the molecule is O=C(C(C(F)(F)F)C(F)(F)F)N1CCCCCC1CCl. The number of halogens is 7. The van der Waals surface area contributed by atoms with Gasteiger partial charge in [-0.1, -0.05) is 12.8 Å². The van der Waals surface area contributed by atoms with E-state index < -0.39 is 30.2 Å². The second-order valence-electron chi connectivity index (χ2n) is 4.71. The molecule has 0 spiro atoms. The van der Waals surface area contributed by atoms with E-state index in [0.29, 0.717) is 30.6 Å². The number of rotatable bonds is 2. The molecule has 0 radical (unpaired) electrons. The molecule has 1 fully saturated rings. The first-order chi connectivity index (χ1) is 9.09. The smallest absolute Gasteiger partial charge is 0.338 e. The molecular formula is C11H14ClF6NO. The van der Waals surface area contributed by atoms with Crippen LogP contribution in [0.3, 0.4) is 0 Å². The van der Waals surface area contributed by atoms with E-state index >= 15 is 0 Å². The summed E-state index contributed by atoms with van der Waals surface area (Å²) < 4.78 is 75.3. The monoisotopic (exact) mass is 325 g/mol. The van der Waals surface area contributed by atoms with Gasteiger partial charge in [0.05, 0.1) is 0 Å². The number of hydrogen-bond acceptors (Lipinski definition) is 1.